The zero-order valence-corrected chi connectivity index (χ0v) is 15.1. The van der Waals surface area contributed by atoms with E-state index < -0.39 is 0 Å². The average Bonchev–Trinajstić information content (AvgIpc) is 3.06. The first kappa shape index (κ1) is 18.8. The summed E-state index contributed by atoms with van der Waals surface area (Å²) in [7, 11) is 1.63. The molecule has 0 fully saturated rings. The van der Waals surface area contributed by atoms with Gasteiger partial charge >= 0.3 is 0 Å². The Bertz CT molecular complexity index is 728. The Kier molecular flexibility index (Phi) is 7.31. The minimum Gasteiger partial charge on any atom is -0.385 e. The Labute approximate surface area is 151 Å². The predicted molar refractivity (Wildman–Crippen MR) is 99.9 cm³/mol. The molecular weight excluding hydrogens is 338 g/mol. The van der Waals surface area contributed by atoms with E-state index in [4.69, 9.17) is 4.74 Å². The average molecular weight is 359 g/mol. The van der Waals surface area contributed by atoms with Crippen LogP contribution in [-0.2, 0) is 14.3 Å². The lowest BCUT2D eigenvalue weighted by atomic mass is 10.3. The lowest BCUT2D eigenvalue weighted by molar-refractivity contribution is -0.117. The summed E-state index contributed by atoms with van der Waals surface area (Å²) >= 11 is 1.35. The normalized spacial score (nSPS) is 10.8. The van der Waals surface area contributed by atoms with Crippen molar-refractivity contribution in [1.29, 1.82) is 0 Å². The molecule has 132 valence electrons. The molecule has 1 heterocycles. The second-order valence-corrected chi connectivity index (χ2v) is 6.05. The quantitative estimate of drug-likeness (QED) is 0.581. The SMILES string of the molecule is COCCCNC(=O)/C=C/c1csc(N(C(C)=O)c2ccccc2)n1. The van der Waals surface area contributed by atoms with Crippen LogP contribution in [0.3, 0.4) is 0 Å². The van der Waals surface area contributed by atoms with Crippen LogP contribution >= 0.6 is 11.3 Å². The van der Waals surface area contributed by atoms with E-state index in [1.807, 2.05) is 35.7 Å². The number of para-hydroxylation sites is 1. The number of nitrogens with one attached hydrogen (secondary N) is 1. The molecule has 6 nitrogen and oxygen atoms in total. The maximum Gasteiger partial charge on any atom is 0.244 e. The second-order valence-electron chi connectivity index (χ2n) is 5.22. The minimum absolute atomic E-state index is 0.119. The Hall–Kier alpha value is -2.51. The van der Waals surface area contributed by atoms with Gasteiger partial charge in [-0.3, -0.25) is 14.5 Å². The number of amides is 2. The molecule has 0 atom stereocenters. The van der Waals surface area contributed by atoms with Gasteiger partial charge < -0.3 is 10.1 Å². The summed E-state index contributed by atoms with van der Waals surface area (Å²) in [6.07, 6.45) is 3.84. The van der Waals surface area contributed by atoms with Crippen molar-refractivity contribution in [2.75, 3.05) is 25.2 Å². The molecule has 0 saturated carbocycles. The van der Waals surface area contributed by atoms with Crippen molar-refractivity contribution in [3.05, 3.63) is 47.5 Å². The van der Waals surface area contributed by atoms with Gasteiger partial charge in [0.05, 0.1) is 11.4 Å². The molecule has 1 aromatic heterocycles. The molecule has 2 aromatic rings. The van der Waals surface area contributed by atoms with Gasteiger partial charge in [0.15, 0.2) is 5.13 Å². The number of methoxy groups -OCH3 is 1. The molecule has 1 N–H and O–H groups in total. The summed E-state index contributed by atoms with van der Waals surface area (Å²) in [5.41, 5.74) is 1.39. The molecule has 0 aliphatic rings. The minimum atomic E-state index is -0.183. The highest BCUT2D eigenvalue weighted by atomic mass is 32.1. The number of aromatic nitrogens is 1. The molecule has 0 bridgehead atoms. The standard InChI is InChI=1S/C18H21N3O3S/c1-14(22)21(16-7-4-3-5-8-16)18-20-15(13-25-18)9-10-17(23)19-11-6-12-24-2/h3-5,7-10,13H,6,11-12H2,1-2H3,(H,19,23)/b10-9+. The second kappa shape index (κ2) is 9.71. The molecule has 0 aliphatic carbocycles. The fourth-order valence-electron chi connectivity index (χ4n) is 2.11. The van der Waals surface area contributed by atoms with Gasteiger partial charge in [0.25, 0.3) is 0 Å². The van der Waals surface area contributed by atoms with Crippen molar-refractivity contribution in [2.24, 2.45) is 0 Å². The van der Waals surface area contributed by atoms with E-state index in [9.17, 15) is 9.59 Å². The first-order chi connectivity index (χ1) is 12.1. The number of thiazole rings is 1. The van der Waals surface area contributed by atoms with E-state index in [-0.39, 0.29) is 11.8 Å². The van der Waals surface area contributed by atoms with Gasteiger partial charge in [0.1, 0.15) is 0 Å². The zero-order valence-electron chi connectivity index (χ0n) is 14.3. The zero-order chi connectivity index (χ0) is 18.1. The van der Waals surface area contributed by atoms with Gasteiger partial charge in [-0.15, -0.1) is 11.3 Å². The monoisotopic (exact) mass is 359 g/mol. The van der Waals surface area contributed by atoms with Gasteiger partial charge in [0.2, 0.25) is 11.8 Å². The maximum absolute atomic E-state index is 12.0. The van der Waals surface area contributed by atoms with Crippen LogP contribution in [0.4, 0.5) is 10.8 Å². The number of carbonyl (C=O) groups excluding carboxylic acids is 2. The number of hydrogen-bond acceptors (Lipinski definition) is 5. The van der Waals surface area contributed by atoms with Crippen molar-refractivity contribution in [2.45, 2.75) is 13.3 Å². The molecule has 1 aromatic carbocycles. The third kappa shape index (κ3) is 5.81. The molecule has 0 radical (unpaired) electrons. The summed E-state index contributed by atoms with van der Waals surface area (Å²) < 4.78 is 4.92. The number of carbonyl (C=O) groups is 2. The van der Waals surface area contributed by atoms with Crippen molar-refractivity contribution in [3.8, 4) is 0 Å². The smallest absolute Gasteiger partial charge is 0.244 e. The van der Waals surface area contributed by atoms with Gasteiger partial charge in [-0.1, -0.05) is 18.2 Å². The summed E-state index contributed by atoms with van der Waals surface area (Å²) in [6, 6.07) is 9.34. The largest absolute Gasteiger partial charge is 0.385 e. The Balaban J connectivity index is 2.02. The van der Waals surface area contributed by atoms with Gasteiger partial charge in [0, 0.05) is 38.6 Å². The van der Waals surface area contributed by atoms with Crippen molar-refractivity contribution in [1.82, 2.24) is 10.3 Å². The highest BCUT2D eigenvalue weighted by Crippen LogP contribution is 2.28. The van der Waals surface area contributed by atoms with Gasteiger partial charge in [-0.25, -0.2) is 4.98 Å². The van der Waals surface area contributed by atoms with Crippen LogP contribution in [0.5, 0.6) is 0 Å². The molecular formula is C18H21N3O3S. The predicted octanol–water partition coefficient (Wildman–Crippen LogP) is 2.99. The van der Waals surface area contributed by atoms with Crippen LogP contribution in [0, 0.1) is 0 Å². The van der Waals surface area contributed by atoms with Crippen LogP contribution in [0.25, 0.3) is 6.08 Å². The molecule has 7 heteroatoms. The third-order valence-electron chi connectivity index (χ3n) is 3.26. The summed E-state index contributed by atoms with van der Waals surface area (Å²) in [5.74, 6) is -0.302. The van der Waals surface area contributed by atoms with Crippen LogP contribution in [-0.4, -0.2) is 37.1 Å². The lowest BCUT2D eigenvalue weighted by Gasteiger charge is -2.17. The number of nitrogens with zero attached hydrogens (tertiary/aromatic N) is 2. The highest BCUT2D eigenvalue weighted by Gasteiger charge is 2.17. The summed E-state index contributed by atoms with van der Waals surface area (Å²) in [6.45, 7) is 2.67. The van der Waals surface area contributed by atoms with Crippen LogP contribution in [0.15, 0.2) is 41.8 Å². The topological polar surface area (TPSA) is 71.5 Å². The first-order valence-corrected chi connectivity index (χ1v) is 8.76. The molecule has 0 spiro atoms. The Morgan fingerprint density at radius 2 is 2.08 bits per heavy atom. The van der Waals surface area contributed by atoms with E-state index in [0.29, 0.717) is 24.0 Å². The summed E-state index contributed by atoms with van der Waals surface area (Å²) in [4.78, 5) is 29.7. The lowest BCUT2D eigenvalue weighted by Crippen LogP contribution is -2.23. The van der Waals surface area contributed by atoms with Crippen molar-refractivity contribution >= 4 is 40.0 Å². The number of benzene rings is 1. The van der Waals surface area contributed by atoms with E-state index in [1.165, 1.54) is 24.3 Å². The Morgan fingerprint density at radius 1 is 1.32 bits per heavy atom. The highest BCUT2D eigenvalue weighted by molar-refractivity contribution is 7.14. The van der Waals surface area contributed by atoms with Gasteiger partial charge in [-0.2, -0.15) is 0 Å². The molecule has 0 aliphatic heterocycles. The fraction of sp³-hybridized carbons (Fsp3) is 0.278. The number of rotatable bonds is 8. The number of anilines is 2. The number of ether oxygens (including phenoxy) is 1. The first-order valence-electron chi connectivity index (χ1n) is 7.88. The number of hydrogen-bond donors (Lipinski definition) is 1. The molecule has 25 heavy (non-hydrogen) atoms. The molecule has 0 saturated heterocycles. The van der Waals surface area contributed by atoms with E-state index in [0.717, 1.165) is 12.1 Å². The van der Waals surface area contributed by atoms with Crippen molar-refractivity contribution in [3.63, 3.8) is 0 Å². The van der Waals surface area contributed by atoms with Crippen LogP contribution in [0.1, 0.15) is 19.0 Å². The Morgan fingerprint density at radius 3 is 2.76 bits per heavy atom. The van der Waals surface area contributed by atoms with Gasteiger partial charge in [-0.05, 0) is 24.6 Å². The molecule has 2 rings (SSSR count). The fourth-order valence-corrected chi connectivity index (χ4v) is 2.96. The molecule has 2 amide bonds. The summed E-state index contributed by atoms with van der Waals surface area (Å²) in [5, 5.41) is 5.14. The van der Waals surface area contributed by atoms with E-state index >= 15 is 0 Å². The van der Waals surface area contributed by atoms with E-state index in [2.05, 4.69) is 10.3 Å². The van der Waals surface area contributed by atoms with Crippen LogP contribution < -0.4 is 10.2 Å². The molecule has 0 unspecified atom stereocenters. The maximum atomic E-state index is 12.0. The van der Waals surface area contributed by atoms with Crippen molar-refractivity contribution < 1.29 is 14.3 Å². The third-order valence-corrected chi connectivity index (χ3v) is 4.10. The van der Waals surface area contributed by atoms with E-state index in [1.54, 1.807) is 18.1 Å². The van der Waals surface area contributed by atoms with Crippen LogP contribution in [0.2, 0.25) is 0 Å².